The average molecular weight is 320 g/mol. The maximum absolute atomic E-state index is 13.3. The lowest BCUT2D eigenvalue weighted by molar-refractivity contribution is 0.000945. The van der Waals surface area contributed by atoms with E-state index in [2.05, 4.69) is 4.98 Å². The first-order valence-corrected chi connectivity index (χ1v) is 7.40. The highest BCUT2D eigenvalue weighted by Crippen LogP contribution is 2.22. The third kappa shape index (κ3) is 2.97. The molecule has 1 saturated heterocycles. The van der Waals surface area contributed by atoms with Crippen LogP contribution in [0.5, 0.6) is 0 Å². The number of pyridine rings is 1. The summed E-state index contributed by atoms with van der Waals surface area (Å²) in [6, 6.07) is 5.03. The number of halogens is 1. The van der Waals surface area contributed by atoms with Crippen molar-refractivity contribution < 1.29 is 19.4 Å². The van der Waals surface area contributed by atoms with Crippen molar-refractivity contribution >= 4 is 16.8 Å². The van der Waals surface area contributed by atoms with Crippen molar-refractivity contribution in [3.05, 3.63) is 46.0 Å². The highest BCUT2D eigenvalue weighted by Gasteiger charge is 2.30. The van der Waals surface area contributed by atoms with Crippen LogP contribution in [0.25, 0.3) is 10.9 Å². The molecule has 1 fully saturated rings. The van der Waals surface area contributed by atoms with Crippen LogP contribution in [-0.4, -0.2) is 51.8 Å². The number of likely N-dealkylation sites (tertiary alicyclic amines) is 1. The fourth-order valence-corrected chi connectivity index (χ4v) is 2.96. The van der Waals surface area contributed by atoms with E-state index in [1.807, 2.05) is 0 Å². The van der Waals surface area contributed by atoms with Gasteiger partial charge in [0.1, 0.15) is 5.82 Å². The molecule has 0 aliphatic carbocycles. The predicted molar refractivity (Wildman–Crippen MR) is 81.6 cm³/mol. The van der Waals surface area contributed by atoms with Crippen molar-refractivity contribution in [1.29, 1.82) is 0 Å². The Morgan fingerprint density at radius 2 is 2.17 bits per heavy atom. The lowest BCUT2D eigenvalue weighted by Crippen LogP contribution is -2.47. The van der Waals surface area contributed by atoms with Gasteiger partial charge in [-0.1, -0.05) is 0 Å². The van der Waals surface area contributed by atoms with Gasteiger partial charge in [0, 0.05) is 37.1 Å². The monoisotopic (exact) mass is 320 g/mol. The average Bonchev–Trinajstić information content (AvgIpc) is 2.52. The number of piperidine rings is 1. The minimum Gasteiger partial charge on any atom is -0.396 e. The molecule has 1 aromatic carbocycles. The molecule has 3 rings (SSSR count). The molecule has 0 spiro atoms. The maximum atomic E-state index is 13.3. The van der Waals surface area contributed by atoms with Crippen LogP contribution < -0.4 is 5.56 Å². The second kappa shape index (κ2) is 6.10. The van der Waals surface area contributed by atoms with E-state index in [0.717, 1.165) is 0 Å². The molecule has 0 radical (unpaired) electrons. The molecule has 122 valence electrons. The number of benzene rings is 1. The van der Waals surface area contributed by atoms with Crippen LogP contribution in [0.4, 0.5) is 4.39 Å². The number of hydrogen-bond acceptors (Lipinski definition) is 4. The highest BCUT2D eigenvalue weighted by atomic mass is 19.1. The Morgan fingerprint density at radius 1 is 1.39 bits per heavy atom. The van der Waals surface area contributed by atoms with Crippen molar-refractivity contribution in [3.63, 3.8) is 0 Å². The highest BCUT2D eigenvalue weighted by molar-refractivity contribution is 6.06. The normalized spacial score (nSPS) is 21.6. The molecule has 23 heavy (non-hydrogen) atoms. The summed E-state index contributed by atoms with van der Waals surface area (Å²) in [4.78, 5) is 28.4. The van der Waals surface area contributed by atoms with E-state index in [1.54, 1.807) is 0 Å². The molecule has 7 heteroatoms. The number of β-amino-alcohol motifs (C(OH)–C–C–N with tert-alkyl or cyclic N) is 1. The van der Waals surface area contributed by atoms with Gasteiger partial charge in [-0.3, -0.25) is 9.59 Å². The minimum atomic E-state index is -0.802. The zero-order valence-corrected chi connectivity index (χ0v) is 12.3. The lowest BCUT2D eigenvalue weighted by atomic mass is 9.94. The van der Waals surface area contributed by atoms with Gasteiger partial charge in [-0.15, -0.1) is 0 Å². The summed E-state index contributed by atoms with van der Waals surface area (Å²) in [6.07, 6.45) is -0.317. The Morgan fingerprint density at radius 3 is 2.87 bits per heavy atom. The van der Waals surface area contributed by atoms with Gasteiger partial charge in [-0.05, 0) is 24.6 Å². The molecular formula is C16H17FN2O4. The summed E-state index contributed by atoms with van der Waals surface area (Å²) < 4.78 is 13.3. The molecule has 2 heterocycles. The molecule has 3 N–H and O–H groups in total. The maximum Gasteiger partial charge on any atom is 0.254 e. The molecule has 2 atom stereocenters. The Labute approximate surface area is 131 Å². The van der Waals surface area contributed by atoms with Gasteiger partial charge in [0.15, 0.2) is 0 Å². The standard InChI is InChI=1S/C16H17FN2O4/c17-10-1-2-11-12(6-15(22)18-13(11)5-10)16(23)19-4-3-9(8-20)14(21)7-19/h1-2,5-6,9,14,20-21H,3-4,7-8H2,(H,18,22)/t9-,14+/m1/s1. The molecule has 1 aliphatic heterocycles. The number of carbonyl (C=O) groups is 1. The number of aromatic amines is 1. The number of nitrogens with zero attached hydrogens (tertiary/aromatic N) is 1. The van der Waals surface area contributed by atoms with E-state index in [1.165, 1.54) is 29.2 Å². The molecular weight excluding hydrogens is 303 g/mol. The number of aromatic nitrogens is 1. The van der Waals surface area contributed by atoms with Crippen LogP contribution in [0, 0.1) is 11.7 Å². The SMILES string of the molecule is O=C(c1cc(=O)[nH]c2cc(F)ccc12)N1CC[C@H](CO)[C@@H](O)C1. The van der Waals surface area contributed by atoms with Crippen molar-refractivity contribution in [2.24, 2.45) is 5.92 Å². The van der Waals surface area contributed by atoms with Crippen molar-refractivity contribution in [1.82, 2.24) is 9.88 Å². The minimum absolute atomic E-state index is 0.0968. The molecule has 1 amide bonds. The van der Waals surface area contributed by atoms with Crippen molar-refractivity contribution in [3.8, 4) is 0 Å². The van der Waals surface area contributed by atoms with Crippen LogP contribution in [-0.2, 0) is 0 Å². The van der Waals surface area contributed by atoms with E-state index < -0.39 is 17.5 Å². The number of hydrogen-bond donors (Lipinski definition) is 3. The number of carbonyl (C=O) groups excluding carboxylic acids is 1. The topological polar surface area (TPSA) is 93.6 Å². The fraction of sp³-hybridized carbons (Fsp3) is 0.375. The van der Waals surface area contributed by atoms with Gasteiger partial charge in [0.25, 0.3) is 5.91 Å². The van der Waals surface area contributed by atoms with Gasteiger partial charge < -0.3 is 20.1 Å². The third-order valence-electron chi connectivity index (χ3n) is 4.28. The van der Waals surface area contributed by atoms with Gasteiger partial charge in [0.2, 0.25) is 5.56 Å². The van der Waals surface area contributed by atoms with Crippen LogP contribution in [0.2, 0.25) is 0 Å². The first kappa shape index (κ1) is 15.6. The Kier molecular flexibility index (Phi) is 4.14. The molecule has 0 saturated carbocycles. The molecule has 1 aromatic heterocycles. The summed E-state index contributed by atoms with van der Waals surface area (Å²) in [5.41, 5.74) is -0.0534. The second-order valence-corrected chi connectivity index (χ2v) is 5.79. The van der Waals surface area contributed by atoms with E-state index in [-0.39, 0.29) is 36.1 Å². The van der Waals surface area contributed by atoms with Gasteiger partial charge in [0.05, 0.1) is 17.2 Å². The second-order valence-electron chi connectivity index (χ2n) is 5.79. The summed E-state index contributed by atoms with van der Waals surface area (Å²) in [6.45, 7) is 0.354. The summed E-state index contributed by atoms with van der Waals surface area (Å²) >= 11 is 0. The summed E-state index contributed by atoms with van der Waals surface area (Å²) in [7, 11) is 0. The number of aliphatic hydroxyl groups is 2. The zero-order valence-electron chi connectivity index (χ0n) is 12.3. The number of nitrogens with one attached hydrogen (secondary N) is 1. The van der Waals surface area contributed by atoms with E-state index in [4.69, 9.17) is 5.11 Å². The first-order valence-electron chi connectivity index (χ1n) is 7.40. The van der Waals surface area contributed by atoms with Gasteiger partial charge in [-0.25, -0.2) is 4.39 Å². The molecule has 1 aliphatic rings. The van der Waals surface area contributed by atoms with E-state index >= 15 is 0 Å². The number of rotatable bonds is 2. The predicted octanol–water partition coefficient (Wildman–Crippen LogP) is 0.482. The lowest BCUT2D eigenvalue weighted by Gasteiger charge is -2.35. The van der Waals surface area contributed by atoms with Crippen LogP contribution in [0.1, 0.15) is 16.8 Å². The number of aliphatic hydroxyl groups excluding tert-OH is 2. The number of H-pyrrole nitrogens is 1. The summed E-state index contributed by atoms with van der Waals surface area (Å²) in [5.74, 6) is -1.14. The number of amides is 1. The van der Waals surface area contributed by atoms with Gasteiger partial charge >= 0.3 is 0 Å². The fourth-order valence-electron chi connectivity index (χ4n) is 2.96. The van der Waals surface area contributed by atoms with Crippen LogP contribution in [0.3, 0.4) is 0 Å². The van der Waals surface area contributed by atoms with Crippen LogP contribution in [0.15, 0.2) is 29.1 Å². The Balaban J connectivity index is 1.97. The van der Waals surface area contributed by atoms with Crippen molar-refractivity contribution in [2.75, 3.05) is 19.7 Å². The largest absolute Gasteiger partial charge is 0.396 e. The van der Waals surface area contributed by atoms with Crippen molar-refractivity contribution in [2.45, 2.75) is 12.5 Å². The number of fused-ring (bicyclic) bond motifs is 1. The quantitative estimate of drug-likeness (QED) is 0.750. The zero-order chi connectivity index (χ0) is 16.6. The Hall–Kier alpha value is -2.25. The van der Waals surface area contributed by atoms with E-state index in [0.29, 0.717) is 18.4 Å². The van der Waals surface area contributed by atoms with Crippen LogP contribution >= 0.6 is 0 Å². The molecule has 2 aromatic rings. The van der Waals surface area contributed by atoms with Gasteiger partial charge in [-0.2, -0.15) is 0 Å². The Bertz CT molecular complexity index is 804. The smallest absolute Gasteiger partial charge is 0.254 e. The third-order valence-corrected chi connectivity index (χ3v) is 4.28. The first-order chi connectivity index (χ1) is 11.0. The molecule has 0 bridgehead atoms. The summed E-state index contributed by atoms with van der Waals surface area (Å²) in [5, 5.41) is 19.6. The van der Waals surface area contributed by atoms with E-state index in [9.17, 15) is 19.1 Å². The molecule has 6 nitrogen and oxygen atoms in total. The molecule has 0 unspecified atom stereocenters.